The minimum atomic E-state index is -0.882. The molecule has 25 heavy (non-hydrogen) atoms. The van der Waals surface area contributed by atoms with Crippen LogP contribution in [0.4, 0.5) is 0 Å². The van der Waals surface area contributed by atoms with Crippen molar-refractivity contribution in [2.24, 2.45) is 0 Å². The third kappa shape index (κ3) is 4.46. The number of hydrogen-bond donors (Lipinski definition) is 1. The van der Waals surface area contributed by atoms with E-state index in [4.69, 9.17) is 9.84 Å². The molecule has 0 bridgehead atoms. The van der Waals surface area contributed by atoms with Crippen LogP contribution in [-0.4, -0.2) is 52.3 Å². The van der Waals surface area contributed by atoms with Crippen molar-refractivity contribution in [3.8, 4) is 0 Å². The van der Waals surface area contributed by atoms with E-state index in [1.807, 2.05) is 24.5 Å². The predicted molar refractivity (Wildman–Crippen MR) is 94.8 cm³/mol. The molecule has 0 saturated carbocycles. The first-order valence-corrected chi connectivity index (χ1v) is 8.72. The molecule has 1 aromatic heterocycles. The smallest absolute Gasteiger partial charge is 0.335 e. The van der Waals surface area contributed by atoms with E-state index in [1.54, 1.807) is 19.2 Å². The van der Waals surface area contributed by atoms with Gasteiger partial charge >= 0.3 is 5.97 Å². The summed E-state index contributed by atoms with van der Waals surface area (Å²) in [5.41, 5.74) is 1.48. The van der Waals surface area contributed by atoms with Gasteiger partial charge in [0.2, 0.25) is 0 Å². The van der Waals surface area contributed by atoms with E-state index in [-0.39, 0.29) is 0 Å². The number of carbonyl (C=O) groups is 1. The molecule has 1 unspecified atom stereocenters. The van der Waals surface area contributed by atoms with Gasteiger partial charge in [-0.15, -0.1) is 0 Å². The summed E-state index contributed by atoms with van der Waals surface area (Å²) in [6, 6.07) is 7.17. The molecule has 0 radical (unpaired) electrons. The van der Waals surface area contributed by atoms with Crippen LogP contribution in [0.1, 0.15) is 40.5 Å². The average Bonchev–Trinajstić information content (AvgIpc) is 3.09. The van der Waals surface area contributed by atoms with Gasteiger partial charge in [-0.05, 0) is 37.1 Å². The molecule has 0 aliphatic carbocycles. The molecule has 1 atom stereocenters. The third-order valence-electron chi connectivity index (χ3n) is 4.76. The fourth-order valence-corrected chi connectivity index (χ4v) is 3.48. The number of aromatic nitrogens is 2. The van der Waals surface area contributed by atoms with Crippen molar-refractivity contribution < 1.29 is 14.6 Å². The highest BCUT2D eigenvalue weighted by molar-refractivity contribution is 5.87. The van der Waals surface area contributed by atoms with E-state index in [0.29, 0.717) is 18.1 Å². The number of rotatable bonds is 7. The van der Waals surface area contributed by atoms with Crippen LogP contribution in [-0.2, 0) is 17.8 Å². The van der Waals surface area contributed by atoms with Crippen LogP contribution in [0, 0.1) is 0 Å². The Kier molecular flexibility index (Phi) is 5.83. The molecular weight excluding hydrogens is 318 g/mol. The summed E-state index contributed by atoms with van der Waals surface area (Å²) in [5.74, 6) is 0.689. The van der Waals surface area contributed by atoms with Gasteiger partial charge in [0.15, 0.2) is 0 Å². The molecule has 3 rings (SSSR count). The van der Waals surface area contributed by atoms with Crippen molar-refractivity contribution >= 4 is 5.97 Å². The van der Waals surface area contributed by atoms with Gasteiger partial charge in [0.1, 0.15) is 5.82 Å². The van der Waals surface area contributed by atoms with Crippen LogP contribution in [0.25, 0.3) is 0 Å². The molecule has 1 fully saturated rings. The van der Waals surface area contributed by atoms with Crippen LogP contribution in [0.2, 0.25) is 0 Å². The second-order valence-electron chi connectivity index (χ2n) is 6.55. The maximum Gasteiger partial charge on any atom is 0.335 e. The average molecular weight is 343 g/mol. The molecule has 1 aromatic carbocycles. The van der Waals surface area contributed by atoms with Crippen LogP contribution in [0.15, 0.2) is 36.7 Å². The number of methoxy groups -OCH3 is 1. The number of piperidine rings is 1. The summed E-state index contributed by atoms with van der Waals surface area (Å²) in [6.07, 6.45) is 6.19. The Labute approximate surface area is 148 Å². The van der Waals surface area contributed by atoms with Crippen molar-refractivity contribution in [2.75, 3.05) is 26.8 Å². The molecule has 6 heteroatoms. The SMILES string of the molecule is COCCn1ccnc1C1CCCN(Cc2ccc(C(=O)O)cc2)C1. The quantitative estimate of drug-likeness (QED) is 0.837. The number of imidazole rings is 1. The summed E-state index contributed by atoms with van der Waals surface area (Å²) in [7, 11) is 1.72. The maximum atomic E-state index is 11.0. The van der Waals surface area contributed by atoms with Crippen LogP contribution >= 0.6 is 0 Å². The number of ether oxygens (including phenoxy) is 1. The second-order valence-corrected chi connectivity index (χ2v) is 6.55. The molecule has 1 saturated heterocycles. The Morgan fingerprint density at radius 1 is 1.36 bits per heavy atom. The highest BCUT2D eigenvalue weighted by atomic mass is 16.5. The van der Waals surface area contributed by atoms with Gasteiger partial charge in [-0.25, -0.2) is 9.78 Å². The van der Waals surface area contributed by atoms with Gasteiger partial charge in [0.05, 0.1) is 12.2 Å². The molecule has 0 amide bonds. The number of benzene rings is 1. The van der Waals surface area contributed by atoms with E-state index in [0.717, 1.165) is 50.4 Å². The lowest BCUT2D eigenvalue weighted by Gasteiger charge is -2.32. The Morgan fingerprint density at radius 3 is 2.88 bits per heavy atom. The van der Waals surface area contributed by atoms with Crippen molar-refractivity contribution in [1.29, 1.82) is 0 Å². The van der Waals surface area contributed by atoms with E-state index >= 15 is 0 Å². The first-order chi connectivity index (χ1) is 12.2. The van der Waals surface area contributed by atoms with Crippen molar-refractivity contribution in [3.05, 3.63) is 53.6 Å². The maximum absolute atomic E-state index is 11.0. The van der Waals surface area contributed by atoms with Crippen molar-refractivity contribution in [2.45, 2.75) is 31.8 Å². The topological polar surface area (TPSA) is 67.6 Å². The number of nitrogens with zero attached hydrogens (tertiary/aromatic N) is 3. The van der Waals surface area contributed by atoms with Gasteiger partial charge in [0, 0.05) is 45.1 Å². The zero-order valence-electron chi connectivity index (χ0n) is 14.6. The van der Waals surface area contributed by atoms with Crippen molar-refractivity contribution in [3.63, 3.8) is 0 Å². The monoisotopic (exact) mass is 343 g/mol. The van der Waals surface area contributed by atoms with Crippen LogP contribution in [0.5, 0.6) is 0 Å². The van der Waals surface area contributed by atoms with Crippen LogP contribution in [0.3, 0.4) is 0 Å². The van der Waals surface area contributed by atoms with E-state index in [2.05, 4.69) is 14.5 Å². The number of carboxylic acid groups (broad SMARTS) is 1. The van der Waals surface area contributed by atoms with Gasteiger partial charge < -0.3 is 14.4 Å². The Bertz CT molecular complexity index is 696. The van der Waals surface area contributed by atoms with E-state index < -0.39 is 5.97 Å². The largest absolute Gasteiger partial charge is 0.478 e. The van der Waals surface area contributed by atoms with Gasteiger partial charge in [-0.2, -0.15) is 0 Å². The van der Waals surface area contributed by atoms with E-state index in [1.165, 1.54) is 0 Å². The molecule has 1 aliphatic heterocycles. The zero-order valence-corrected chi connectivity index (χ0v) is 14.6. The lowest BCUT2D eigenvalue weighted by Crippen LogP contribution is -2.35. The molecule has 2 heterocycles. The Balaban J connectivity index is 1.63. The number of carboxylic acids is 1. The molecule has 0 spiro atoms. The van der Waals surface area contributed by atoms with Gasteiger partial charge in [0.25, 0.3) is 0 Å². The number of hydrogen-bond acceptors (Lipinski definition) is 4. The summed E-state index contributed by atoms with van der Waals surface area (Å²) in [4.78, 5) is 18.0. The minimum Gasteiger partial charge on any atom is -0.478 e. The molecular formula is C19H25N3O3. The van der Waals surface area contributed by atoms with Crippen molar-refractivity contribution in [1.82, 2.24) is 14.5 Å². The highest BCUT2D eigenvalue weighted by Crippen LogP contribution is 2.27. The molecule has 1 N–H and O–H groups in total. The van der Waals surface area contributed by atoms with Gasteiger partial charge in [-0.1, -0.05) is 12.1 Å². The number of likely N-dealkylation sites (tertiary alicyclic amines) is 1. The van der Waals surface area contributed by atoms with E-state index in [9.17, 15) is 4.79 Å². The second kappa shape index (κ2) is 8.27. The Morgan fingerprint density at radius 2 is 2.16 bits per heavy atom. The molecule has 134 valence electrons. The first-order valence-electron chi connectivity index (χ1n) is 8.72. The lowest BCUT2D eigenvalue weighted by molar-refractivity contribution is 0.0697. The van der Waals surface area contributed by atoms with Crippen LogP contribution < -0.4 is 0 Å². The first kappa shape index (κ1) is 17.6. The normalized spacial score (nSPS) is 18.4. The zero-order chi connectivity index (χ0) is 17.6. The molecule has 1 aliphatic rings. The fourth-order valence-electron chi connectivity index (χ4n) is 3.48. The molecule has 2 aromatic rings. The fraction of sp³-hybridized carbons (Fsp3) is 0.474. The molecule has 6 nitrogen and oxygen atoms in total. The van der Waals surface area contributed by atoms with Gasteiger partial charge in [-0.3, -0.25) is 4.90 Å². The summed E-state index contributed by atoms with van der Waals surface area (Å²) in [5, 5.41) is 9.00. The lowest BCUT2D eigenvalue weighted by atomic mass is 9.96. The number of aromatic carboxylic acids is 1. The standard InChI is InChI=1S/C19H25N3O3/c1-25-12-11-22-10-8-20-18(22)17-3-2-9-21(14-17)13-15-4-6-16(7-5-15)19(23)24/h4-8,10,17H,2-3,9,11-14H2,1H3,(H,23,24). The third-order valence-corrected chi connectivity index (χ3v) is 4.76. The highest BCUT2D eigenvalue weighted by Gasteiger charge is 2.24. The summed E-state index contributed by atoms with van der Waals surface area (Å²) < 4.78 is 7.38. The Hall–Kier alpha value is -2.18. The summed E-state index contributed by atoms with van der Waals surface area (Å²) in [6.45, 7) is 4.41. The minimum absolute atomic E-state index is 0.334. The predicted octanol–water partition coefficient (Wildman–Crippen LogP) is 2.61. The summed E-state index contributed by atoms with van der Waals surface area (Å²) >= 11 is 0.